The van der Waals surface area contributed by atoms with Crippen molar-refractivity contribution in [3.8, 4) is 5.75 Å². The molecule has 0 aliphatic carbocycles. The first-order chi connectivity index (χ1) is 13.6. The minimum absolute atomic E-state index is 0.111. The molecule has 0 saturated heterocycles. The van der Waals surface area contributed by atoms with E-state index in [9.17, 15) is 9.90 Å². The highest BCUT2D eigenvalue weighted by atomic mass is 35.5. The first kappa shape index (κ1) is 18.1. The van der Waals surface area contributed by atoms with E-state index in [2.05, 4.69) is 0 Å². The molecule has 28 heavy (non-hydrogen) atoms. The van der Waals surface area contributed by atoms with Crippen LogP contribution in [0.15, 0.2) is 94.2 Å². The van der Waals surface area contributed by atoms with E-state index >= 15 is 0 Å². The number of allylic oxidation sites excluding steroid dienone is 1. The SMILES string of the molecule is O=c1oc2ccc(Cl)cc2c(O)c1C(C=Cc1ccccc1)c1ccccc1. The molecule has 3 aromatic carbocycles. The molecule has 0 radical (unpaired) electrons. The van der Waals surface area contributed by atoms with Crippen LogP contribution in [0.3, 0.4) is 0 Å². The topological polar surface area (TPSA) is 50.4 Å². The van der Waals surface area contributed by atoms with Gasteiger partial charge in [0.25, 0.3) is 0 Å². The Morgan fingerprint density at radius 1 is 0.929 bits per heavy atom. The van der Waals surface area contributed by atoms with Gasteiger partial charge in [-0.25, -0.2) is 4.79 Å². The van der Waals surface area contributed by atoms with Crippen molar-refractivity contribution in [2.75, 3.05) is 0 Å². The van der Waals surface area contributed by atoms with Crippen LogP contribution in [0.1, 0.15) is 22.6 Å². The molecular weight excluding hydrogens is 372 g/mol. The Kier molecular flexibility index (Phi) is 5.00. The molecule has 1 atom stereocenters. The molecule has 0 aliphatic heterocycles. The molecule has 0 aliphatic rings. The Balaban J connectivity index is 1.92. The third-order valence-electron chi connectivity index (χ3n) is 4.62. The molecular formula is C24H17ClO3. The molecule has 4 rings (SSSR count). The van der Waals surface area contributed by atoms with Crippen molar-refractivity contribution < 1.29 is 9.52 Å². The standard InChI is InChI=1S/C24H17ClO3/c25-18-12-14-21-20(15-18)23(26)22(24(27)28-21)19(17-9-5-2-6-10-17)13-11-16-7-3-1-4-8-16/h1-15,19,26H. The summed E-state index contributed by atoms with van der Waals surface area (Å²) in [6.07, 6.45) is 3.83. The summed E-state index contributed by atoms with van der Waals surface area (Å²) in [6, 6.07) is 24.1. The van der Waals surface area contributed by atoms with Crippen molar-refractivity contribution in [3.63, 3.8) is 0 Å². The molecule has 3 nitrogen and oxygen atoms in total. The van der Waals surface area contributed by atoms with Gasteiger partial charge in [0.15, 0.2) is 0 Å². The zero-order chi connectivity index (χ0) is 19.5. The molecule has 0 spiro atoms. The lowest BCUT2D eigenvalue weighted by atomic mass is 9.90. The number of benzene rings is 3. The molecule has 1 unspecified atom stereocenters. The van der Waals surface area contributed by atoms with Gasteiger partial charge in [-0.2, -0.15) is 0 Å². The number of hydrogen-bond acceptors (Lipinski definition) is 3. The summed E-state index contributed by atoms with van der Waals surface area (Å²) in [5.74, 6) is -0.582. The summed E-state index contributed by atoms with van der Waals surface area (Å²) in [6.45, 7) is 0. The van der Waals surface area contributed by atoms with Crippen molar-refractivity contribution in [3.05, 3.63) is 117 Å². The van der Waals surface area contributed by atoms with Crippen LogP contribution in [0.5, 0.6) is 5.75 Å². The number of halogens is 1. The van der Waals surface area contributed by atoms with Gasteiger partial charge in [0.2, 0.25) is 0 Å². The lowest BCUT2D eigenvalue weighted by Crippen LogP contribution is -2.13. The predicted octanol–water partition coefficient (Wildman–Crippen LogP) is 6.00. The van der Waals surface area contributed by atoms with Crippen LogP contribution in [0, 0.1) is 0 Å². The molecule has 0 bridgehead atoms. The molecule has 4 heteroatoms. The fourth-order valence-electron chi connectivity index (χ4n) is 3.25. The second-order valence-electron chi connectivity index (χ2n) is 6.45. The van der Waals surface area contributed by atoms with Crippen LogP contribution in [0.25, 0.3) is 17.0 Å². The van der Waals surface area contributed by atoms with E-state index in [0.29, 0.717) is 16.0 Å². The van der Waals surface area contributed by atoms with E-state index in [4.69, 9.17) is 16.0 Å². The van der Waals surface area contributed by atoms with Gasteiger partial charge in [0.1, 0.15) is 11.3 Å². The summed E-state index contributed by atoms with van der Waals surface area (Å²) in [5.41, 5.74) is 1.79. The number of fused-ring (bicyclic) bond motifs is 1. The van der Waals surface area contributed by atoms with Gasteiger partial charge >= 0.3 is 5.63 Å². The molecule has 1 N–H and O–H groups in total. The van der Waals surface area contributed by atoms with E-state index in [1.165, 1.54) is 0 Å². The minimum atomic E-state index is -0.570. The minimum Gasteiger partial charge on any atom is -0.507 e. The second-order valence-corrected chi connectivity index (χ2v) is 6.89. The molecule has 1 heterocycles. The maximum atomic E-state index is 12.8. The summed E-state index contributed by atoms with van der Waals surface area (Å²) in [5, 5.41) is 11.8. The Labute approximate surface area is 167 Å². The average Bonchev–Trinajstić information content (AvgIpc) is 2.72. The third-order valence-corrected chi connectivity index (χ3v) is 4.86. The average molecular weight is 389 g/mol. The summed E-state index contributed by atoms with van der Waals surface area (Å²) < 4.78 is 5.48. The highest BCUT2D eigenvalue weighted by Crippen LogP contribution is 2.36. The zero-order valence-electron chi connectivity index (χ0n) is 14.9. The fraction of sp³-hybridized carbons (Fsp3) is 0.0417. The Morgan fingerprint density at radius 3 is 2.32 bits per heavy atom. The number of aromatic hydroxyl groups is 1. The van der Waals surface area contributed by atoms with Crippen molar-refractivity contribution in [2.24, 2.45) is 0 Å². The lowest BCUT2D eigenvalue weighted by Gasteiger charge is -2.15. The monoisotopic (exact) mass is 388 g/mol. The Hall–Kier alpha value is -3.30. The van der Waals surface area contributed by atoms with Gasteiger partial charge in [0.05, 0.1) is 10.9 Å². The van der Waals surface area contributed by atoms with Gasteiger partial charge < -0.3 is 9.52 Å². The van der Waals surface area contributed by atoms with Crippen LogP contribution >= 0.6 is 11.6 Å². The Morgan fingerprint density at radius 2 is 1.61 bits per heavy atom. The van der Waals surface area contributed by atoms with Crippen molar-refractivity contribution in [1.29, 1.82) is 0 Å². The highest BCUT2D eigenvalue weighted by Gasteiger charge is 2.23. The van der Waals surface area contributed by atoms with Gasteiger partial charge in [0, 0.05) is 10.9 Å². The fourth-order valence-corrected chi connectivity index (χ4v) is 3.43. The van der Waals surface area contributed by atoms with Gasteiger partial charge in [-0.1, -0.05) is 84.4 Å². The van der Waals surface area contributed by atoms with Crippen LogP contribution < -0.4 is 5.63 Å². The van der Waals surface area contributed by atoms with Gasteiger partial charge in [-0.3, -0.25) is 0 Å². The van der Waals surface area contributed by atoms with Crippen LogP contribution in [0.2, 0.25) is 5.02 Å². The van der Waals surface area contributed by atoms with Crippen LogP contribution in [-0.2, 0) is 0 Å². The molecule has 1 aromatic heterocycles. The van der Waals surface area contributed by atoms with Crippen molar-refractivity contribution >= 4 is 28.6 Å². The molecule has 0 fully saturated rings. The highest BCUT2D eigenvalue weighted by molar-refractivity contribution is 6.31. The predicted molar refractivity (Wildman–Crippen MR) is 113 cm³/mol. The summed E-state index contributed by atoms with van der Waals surface area (Å²) >= 11 is 6.08. The molecule has 4 aromatic rings. The third kappa shape index (κ3) is 3.57. The second kappa shape index (κ2) is 7.75. The smallest absolute Gasteiger partial charge is 0.344 e. The molecule has 0 saturated carbocycles. The van der Waals surface area contributed by atoms with E-state index < -0.39 is 11.5 Å². The number of hydrogen-bond donors (Lipinski definition) is 1. The molecule has 0 amide bonds. The summed E-state index contributed by atoms with van der Waals surface area (Å²) in [4.78, 5) is 12.8. The molecule has 138 valence electrons. The lowest BCUT2D eigenvalue weighted by molar-refractivity contribution is 0.456. The first-order valence-electron chi connectivity index (χ1n) is 8.87. The van der Waals surface area contributed by atoms with Crippen molar-refractivity contribution in [1.82, 2.24) is 0 Å². The first-order valence-corrected chi connectivity index (χ1v) is 9.25. The van der Waals surface area contributed by atoms with E-state index in [-0.39, 0.29) is 11.3 Å². The van der Waals surface area contributed by atoms with Crippen LogP contribution in [-0.4, -0.2) is 5.11 Å². The van der Waals surface area contributed by atoms with E-state index in [1.807, 2.05) is 72.8 Å². The summed E-state index contributed by atoms with van der Waals surface area (Å²) in [7, 11) is 0. The maximum absolute atomic E-state index is 12.8. The maximum Gasteiger partial charge on any atom is 0.344 e. The quantitative estimate of drug-likeness (QED) is 0.436. The van der Waals surface area contributed by atoms with Gasteiger partial charge in [-0.05, 0) is 29.3 Å². The van der Waals surface area contributed by atoms with E-state index in [0.717, 1.165) is 11.1 Å². The van der Waals surface area contributed by atoms with Crippen molar-refractivity contribution in [2.45, 2.75) is 5.92 Å². The van der Waals surface area contributed by atoms with E-state index in [1.54, 1.807) is 18.2 Å². The number of rotatable bonds is 4. The largest absolute Gasteiger partial charge is 0.507 e. The van der Waals surface area contributed by atoms with Gasteiger partial charge in [-0.15, -0.1) is 0 Å². The normalized spacial score (nSPS) is 12.5. The Bertz CT molecular complexity index is 1200. The van der Waals surface area contributed by atoms with Crippen LogP contribution in [0.4, 0.5) is 0 Å². The zero-order valence-corrected chi connectivity index (χ0v) is 15.6.